The lowest BCUT2D eigenvalue weighted by Gasteiger charge is -2.31. The number of rotatable bonds is 11. The van der Waals surface area contributed by atoms with Crippen LogP contribution in [0.2, 0.25) is 0 Å². The molecule has 2 aromatic carbocycles. The number of carbonyl (C=O) groups excluding carboxylic acids is 1. The number of benzene rings is 2. The molecule has 0 radical (unpaired) electrons. The Morgan fingerprint density at radius 2 is 1.69 bits per heavy atom. The average molecular weight is 503 g/mol. The number of nitrogens with zero attached hydrogens (tertiary/aromatic N) is 1. The first kappa shape index (κ1) is 28.6. The van der Waals surface area contributed by atoms with Gasteiger partial charge in [-0.3, -0.25) is 0 Å². The molecule has 2 N–H and O–H groups in total. The van der Waals surface area contributed by atoms with Crippen LogP contribution in [0.15, 0.2) is 66.1 Å². The second kappa shape index (κ2) is 12.3. The number of aliphatic hydroxyl groups excluding tert-OH is 1. The zero-order valence-electron chi connectivity index (χ0n) is 21.3. The van der Waals surface area contributed by atoms with Gasteiger partial charge < -0.3 is 15.2 Å². The molecule has 0 saturated heterocycles. The third kappa shape index (κ3) is 9.12. The Bertz CT molecular complexity index is 1060. The highest BCUT2D eigenvalue weighted by Gasteiger charge is 2.32. The van der Waals surface area contributed by atoms with Gasteiger partial charge in [0.2, 0.25) is 10.0 Å². The minimum absolute atomic E-state index is 0.0239. The molecule has 2 aromatic rings. The molecule has 0 fully saturated rings. The molecule has 192 valence electrons. The number of amides is 1. The Kier molecular flexibility index (Phi) is 10.1. The number of nitrogens with one attached hydrogen (secondary N) is 1. The highest BCUT2D eigenvalue weighted by molar-refractivity contribution is 7.89. The first-order valence-corrected chi connectivity index (χ1v) is 13.2. The van der Waals surface area contributed by atoms with Gasteiger partial charge in [0.15, 0.2) is 0 Å². The highest BCUT2D eigenvalue weighted by atomic mass is 32.2. The lowest BCUT2D eigenvalue weighted by molar-refractivity contribution is 0.0400. The number of hydrogen-bond acceptors (Lipinski definition) is 5. The van der Waals surface area contributed by atoms with Gasteiger partial charge in [-0.1, -0.05) is 69.0 Å². The van der Waals surface area contributed by atoms with E-state index in [0.29, 0.717) is 6.42 Å². The van der Waals surface area contributed by atoms with Crippen molar-refractivity contribution < 1.29 is 23.1 Å². The van der Waals surface area contributed by atoms with Crippen LogP contribution in [0.3, 0.4) is 0 Å². The molecule has 0 spiro atoms. The second-order valence-electron chi connectivity index (χ2n) is 10.00. The number of alkyl carbamates (subject to hydrolysis) is 1. The minimum atomic E-state index is -3.88. The lowest BCUT2D eigenvalue weighted by atomic mass is 10.0. The van der Waals surface area contributed by atoms with E-state index in [9.17, 15) is 18.3 Å². The molecule has 35 heavy (non-hydrogen) atoms. The van der Waals surface area contributed by atoms with Gasteiger partial charge >= 0.3 is 6.09 Å². The number of ether oxygens (including phenoxy) is 1. The molecule has 0 aliphatic carbocycles. The Hall–Kier alpha value is -2.68. The molecule has 1 amide bonds. The Labute approximate surface area is 209 Å². The molecular formula is C27H38N2O5S. The summed E-state index contributed by atoms with van der Waals surface area (Å²) in [7, 11) is -3.88. The van der Waals surface area contributed by atoms with Crippen LogP contribution in [0, 0.1) is 5.92 Å². The van der Waals surface area contributed by atoms with Crippen LogP contribution >= 0.6 is 0 Å². The van der Waals surface area contributed by atoms with Crippen molar-refractivity contribution in [3.8, 4) is 0 Å². The highest BCUT2D eigenvalue weighted by Crippen LogP contribution is 2.20. The summed E-state index contributed by atoms with van der Waals surface area (Å²) in [6.07, 6.45) is 0.104. The van der Waals surface area contributed by atoms with E-state index >= 15 is 0 Å². The van der Waals surface area contributed by atoms with Crippen molar-refractivity contribution in [2.75, 3.05) is 13.1 Å². The smallest absolute Gasteiger partial charge is 0.407 e. The summed E-state index contributed by atoms with van der Waals surface area (Å²) in [6, 6.07) is 15.1. The van der Waals surface area contributed by atoms with Crippen LogP contribution < -0.4 is 5.32 Å². The van der Waals surface area contributed by atoms with Gasteiger partial charge in [0, 0.05) is 13.1 Å². The van der Waals surface area contributed by atoms with Gasteiger partial charge in [0.05, 0.1) is 17.0 Å². The SMILES string of the molecule is C=Cc1ccc(S(=O)(=O)N(CC(C)C)C[C@@H](O)[C@H](Cc2ccccc2)NC(=O)OC(C)(C)C)cc1. The number of sulfonamides is 1. The number of hydrogen-bond donors (Lipinski definition) is 2. The molecule has 0 heterocycles. The van der Waals surface area contributed by atoms with Crippen LogP contribution in [0.5, 0.6) is 0 Å². The molecule has 0 aliphatic heterocycles. The van der Waals surface area contributed by atoms with Crippen LogP contribution in [-0.2, 0) is 21.2 Å². The van der Waals surface area contributed by atoms with Gasteiger partial charge in [-0.05, 0) is 56.4 Å². The third-order valence-corrected chi connectivity index (χ3v) is 7.02. The minimum Gasteiger partial charge on any atom is -0.444 e. The van der Waals surface area contributed by atoms with Crippen molar-refractivity contribution in [2.24, 2.45) is 5.92 Å². The summed E-state index contributed by atoms with van der Waals surface area (Å²) < 4.78 is 33.6. The van der Waals surface area contributed by atoms with Crippen LogP contribution in [0.1, 0.15) is 45.7 Å². The van der Waals surface area contributed by atoms with Crippen molar-refractivity contribution in [3.63, 3.8) is 0 Å². The average Bonchev–Trinajstić information content (AvgIpc) is 2.77. The van der Waals surface area contributed by atoms with E-state index in [1.165, 1.54) is 16.4 Å². The van der Waals surface area contributed by atoms with Crippen LogP contribution in [0.25, 0.3) is 6.08 Å². The normalized spacial score (nSPS) is 13.9. The summed E-state index contributed by atoms with van der Waals surface area (Å²) in [5.74, 6) is 0.0239. The Morgan fingerprint density at radius 3 is 2.20 bits per heavy atom. The predicted octanol–water partition coefficient (Wildman–Crippen LogP) is 4.47. The molecule has 2 rings (SSSR count). The van der Waals surface area contributed by atoms with Gasteiger partial charge in [-0.15, -0.1) is 0 Å². The van der Waals surface area contributed by atoms with E-state index < -0.39 is 33.9 Å². The fraction of sp³-hybridized carbons (Fsp3) is 0.444. The zero-order chi connectivity index (χ0) is 26.2. The summed E-state index contributed by atoms with van der Waals surface area (Å²) in [4.78, 5) is 12.7. The summed E-state index contributed by atoms with van der Waals surface area (Å²) in [5, 5.41) is 13.9. The molecular weight excluding hydrogens is 464 g/mol. The topological polar surface area (TPSA) is 95.9 Å². The first-order chi connectivity index (χ1) is 16.3. The van der Waals surface area contributed by atoms with E-state index in [1.807, 2.05) is 44.2 Å². The van der Waals surface area contributed by atoms with E-state index in [1.54, 1.807) is 39.0 Å². The fourth-order valence-corrected chi connectivity index (χ4v) is 5.17. The maximum absolute atomic E-state index is 13.5. The fourth-order valence-electron chi connectivity index (χ4n) is 3.55. The van der Waals surface area contributed by atoms with Gasteiger partial charge in [0.25, 0.3) is 0 Å². The summed E-state index contributed by atoms with van der Waals surface area (Å²) in [6.45, 7) is 12.8. The van der Waals surface area contributed by atoms with Crippen molar-refractivity contribution in [1.29, 1.82) is 0 Å². The maximum Gasteiger partial charge on any atom is 0.407 e. The Morgan fingerprint density at radius 1 is 1.09 bits per heavy atom. The quantitative estimate of drug-likeness (QED) is 0.473. The first-order valence-electron chi connectivity index (χ1n) is 11.8. The van der Waals surface area contributed by atoms with Gasteiger partial charge in [-0.25, -0.2) is 13.2 Å². The van der Waals surface area contributed by atoms with Gasteiger partial charge in [-0.2, -0.15) is 4.31 Å². The molecule has 2 atom stereocenters. The largest absolute Gasteiger partial charge is 0.444 e. The van der Waals surface area contributed by atoms with E-state index in [4.69, 9.17) is 4.74 Å². The molecule has 0 saturated carbocycles. The van der Waals surface area contributed by atoms with Crippen molar-refractivity contribution >= 4 is 22.2 Å². The van der Waals surface area contributed by atoms with Gasteiger partial charge in [0.1, 0.15) is 5.60 Å². The van der Waals surface area contributed by atoms with Crippen LogP contribution in [0.4, 0.5) is 4.79 Å². The number of carbonyl (C=O) groups is 1. The molecule has 7 nitrogen and oxygen atoms in total. The van der Waals surface area contributed by atoms with Crippen molar-refractivity contribution in [3.05, 3.63) is 72.3 Å². The molecule has 0 unspecified atom stereocenters. The second-order valence-corrected chi connectivity index (χ2v) is 11.9. The lowest BCUT2D eigenvalue weighted by Crippen LogP contribution is -2.51. The standard InChI is InChI=1S/C27H38N2O5S/c1-7-21-13-15-23(16-14-21)35(32,33)29(18-20(2)3)19-25(30)24(17-22-11-9-8-10-12-22)28-26(31)34-27(4,5)6/h7-16,20,24-25,30H,1,17-19H2,2-6H3,(H,28,31)/t24-,25+/m0/s1. The Balaban J connectivity index is 2.32. The maximum atomic E-state index is 13.5. The van der Waals surface area contributed by atoms with E-state index in [-0.39, 0.29) is 23.9 Å². The van der Waals surface area contributed by atoms with E-state index in [2.05, 4.69) is 11.9 Å². The third-order valence-electron chi connectivity index (χ3n) is 5.18. The summed E-state index contributed by atoms with van der Waals surface area (Å²) in [5.41, 5.74) is 0.992. The van der Waals surface area contributed by atoms with Crippen LogP contribution in [-0.4, -0.2) is 54.8 Å². The number of aliphatic hydroxyl groups is 1. The zero-order valence-corrected chi connectivity index (χ0v) is 22.1. The molecule has 0 aromatic heterocycles. The molecule has 0 aliphatic rings. The van der Waals surface area contributed by atoms with Crippen molar-refractivity contribution in [1.82, 2.24) is 9.62 Å². The predicted molar refractivity (Wildman–Crippen MR) is 139 cm³/mol. The summed E-state index contributed by atoms with van der Waals surface area (Å²) >= 11 is 0. The molecule has 8 heteroatoms. The molecule has 0 bridgehead atoms. The van der Waals surface area contributed by atoms with Crippen molar-refractivity contribution in [2.45, 2.75) is 63.7 Å². The monoisotopic (exact) mass is 502 g/mol. The van der Waals surface area contributed by atoms with E-state index in [0.717, 1.165) is 11.1 Å².